The van der Waals surface area contributed by atoms with Gasteiger partial charge in [0.15, 0.2) is 0 Å². The van der Waals surface area contributed by atoms with Crippen molar-refractivity contribution in [3.8, 4) is 11.8 Å². The first kappa shape index (κ1) is 11.6. The van der Waals surface area contributed by atoms with Gasteiger partial charge in [0.2, 0.25) is 0 Å². The SMILES string of the molecule is CC1(C#N)CCCOc2c(Cl)cc(Cl)cc21. The number of ether oxygens (including phenoxy) is 1. The van der Waals surface area contributed by atoms with Gasteiger partial charge in [0.25, 0.3) is 0 Å². The lowest BCUT2D eigenvalue weighted by atomic mass is 9.80. The van der Waals surface area contributed by atoms with E-state index in [2.05, 4.69) is 6.07 Å². The molecule has 0 amide bonds. The van der Waals surface area contributed by atoms with Crippen LogP contribution in [-0.4, -0.2) is 6.61 Å². The van der Waals surface area contributed by atoms with E-state index in [-0.39, 0.29) is 0 Å². The molecule has 0 saturated carbocycles. The predicted molar refractivity (Wildman–Crippen MR) is 64.2 cm³/mol. The summed E-state index contributed by atoms with van der Waals surface area (Å²) in [5, 5.41) is 10.3. The third kappa shape index (κ3) is 1.86. The Balaban J connectivity index is 2.66. The Labute approximate surface area is 105 Å². The molecule has 0 saturated heterocycles. The first-order valence-electron chi connectivity index (χ1n) is 5.10. The van der Waals surface area contributed by atoms with Gasteiger partial charge in [-0.15, -0.1) is 0 Å². The fourth-order valence-corrected chi connectivity index (χ4v) is 2.52. The molecular weight excluding hydrogens is 245 g/mol. The molecule has 1 aliphatic rings. The first-order valence-corrected chi connectivity index (χ1v) is 5.86. The van der Waals surface area contributed by atoms with E-state index in [1.165, 1.54) is 0 Å². The third-order valence-corrected chi connectivity index (χ3v) is 3.42. The number of hydrogen-bond donors (Lipinski definition) is 0. The summed E-state index contributed by atoms with van der Waals surface area (Å²) >= 11 is 12.1. The average molecular weight is 256 g/mol. The second-order valence-electron chi connectivity index (χ2n) is 4.16. The van der Waals surface area contributed by atoms with Crippen LogP contribution in [0.25, 0.3) is 0 Å². The van der Waals surface area contributed by atoms with Crippen molar-refractivity contribution < 1.29 is 4.74 Å². The quantitative estimate of drug-likeness (QED) is 0.704. The van der Waals surface area contributed by atoms with E-state index in [0.717, 1.165) is 18.4 Å². The van der Waals surface area contributed by atoms with E-state index in [0.29, 0.717) is 22.4 Å². The van der Waals surface area contributed by atoms with Crippen molar-refractivity contribution in [3.05, 3.63) is 27.7 Å². The lowest BCUT2D eigenvalue weighted by Crippen LogP contribution is -2.18. The maximum absolute atomic E-state index is 9.31. The van der Waals surface area contributed by atoms with Crippen LogP contribution < -0.4 is 4.74 Å². The molecule has 2 nitrogen and oxygen atoms in total. The topological polar surface area (TPSA) is 33.0 Å². The number of rotatable bonds is 0. The van der Waals surface area contributed by atoms with Gasteiger partial charge in [0, 0.05) is 10.6 Å². The highest BCUT2D eigenvalue weighted by molar-refractivity contribution is 6.35. The highest BCUT2D eigenvalue weighted by Crippen LogP contribution is 2.43. The Morgan fingerprint density at radius 1 is 1.44 bits per heavy atom. The summed E-state index contributed by atoms with van der Waals surface area (Å²) in [4.78, 5) is 0. The third-order valence-electron chi connectivity index (χ3n) is 2.92. The number of fused-ring (bicyclic) bond motifs is 1. The Kier molecular flexibility index (Phi) is 3.01. The van der Waals surface area contributed by atoms with E-state index < -0.39 is 5.41 Å². The summed E-state index contributed by atoms with van der Waals surface area (Å²) in [7, 11) is 0. The maximum atomic E-state index is 9.31. The molecule has 1 atom stereocenters. The molecule has 0 N–H and O–H groups in total. The minimum absolute atomic E-state index is 0.478. The van der Waals surface area contributed by atoms with E-state index in [4.69, 9.17) is 27.9 Å². The van der Waals surface area contributed by atoms with Gasteiger partial charge in [-0.05, 0) is 31.9 Å². The van der Waals surface area contributed by atoms with Crippen LogP contribution in [0.4, 0.5) is 0 Å². The summed E-state index contributed by atoms with van der Waals surface area (Å²) in [6.45, 7) is 2.48. The molecule has 4 heteroatoms. The van der Waals surface area contributed by atoms with E-state index in [1.807, 2.05) is 6.92 Å². The number of benzene rings is 1. The lowest BCUT2D eigenvalue weighted by Gasteiger charge is -2.21. The number of nitriles is 1. The molecule has 1 unspecified atom stereocenters. The largest absolute Gasteiger partial charge is 0.492 e. The van der Waals surface area contributed by atoms with Crippen LogP contribution in [0.5, 0.6) is 5.75 Å². The molecule has 2 rings (SSSR count). The molecule has 0 aromatic heterocycles. The summed E-state index contributed by atoms with van der Waals surface area (Å²) in [5.41, 5.74) is 0.227. The summed E-state index contributed by atoms with van der Waals surface area (Å²) in [6.07, 6.45) is 1.60. The molecule has 1 heterocycles. The molecular formula is C12H11Cl2NO. The summed E-state index contributed by atoms with van der Waals surface area (Å²) in [5.74, 6) is 0.604. The van der Waals surface area contributed by atoms with Crippen LogP contribution in [0.2, 0.25) is 10.0 Å². The van der Waals surface area contributed by atoms with Crippen LogP contribution >= 0.6 is 23.2 Å². The maximum Gasteiger partial charge on any atom is 0.142 e. The highest BCUT2D eigenvalue weighted by atomic mass is 35.5. The smallest absolute Gasteiger partial charge is 0.142 e. The van der Waals surface area contributed by atoms with E-state index >= 15 is 0 Å². The number of nitrogens with zero attached hydrogens (tertiary/aromatic N) is 1. The fourth-order valence-electron chi connectivity index (χ4n) is 1.97. The van der Waals surface area contributed by atoms with Crippen LogP contribution in [0.3, 0.4) is 0 Å². The van der Waals surface area contributed by atoms with Crippen molar-refractivity contribution in [2.24, 2.45) is 0 Å². The molecule has 1 aromatic rings. The summed E-state index contributed by atoms with van der Waals surface area (Å²) in [6, 6.07) is 5.75. The Hall–Kier alpha value is -0.910. The second kappa shape index (κ2) is 4.16. The molecule has 1 aliphatic heterocycles. The van der Waals surface area contributed by atoms with Crippen molar-refractivity contribution in [1.29, 1.82) is 5.26 Å². The van der Waals surface area contributed by atoms with Crippen LogP contribution in [0, 0.1) is 11.3 Å². The van der Waals surface area contributed by atoms with Gasteiger partial charge in [0.05, 0.1) is 23.1 Å². The highest BCUT2D eigenvalue weighted by Gasteiger charge is 2.33. The normalized spacial score (nSPS) is 23.9. The van der Waals surface area contributed by atoms with Gasteiger partial charge in [0.1, 0.15) is 5.75 Å². The van der Waals surface area contributed by atoms with Crippen molar-refractivity contribution in [3.63, 3.8) is 0 Å². The molecule has 1 aromatic carbocycles. The minimum atomic E-state index is -0.569. The van der Waals surface area contributed by atoms with Gasteiger partial charge in [-0.3, -0.25) is 0 Å². The number of hydrogen-bond acceptors (Lipinski definition) is 2. The zero-order chi connectivity index (χ0) is 11.8. The van der Waals surface area contributed by atoms with Crippen LogP contribution in [-0.2, 0) is 5.41 Å². The lowest BCUT2D eigenvalue weighted by molar-refractivity contribution is 0.315. The average Bonchev–Trinajstić information content (AvgIpc) is 2.40. The van der Waals surface area contributed by atoms with Crippen molar-refractivity contribution in [2.45, 2.75) is 25.2 Å². The van der Waals surface area contributed by atoms with Crippen LogP contribution in [0.15, 0.2) is 12.1 Å². The zero-order valence-electron chi connectivity index (χ0n) is 8.89. The molecule has 0 aliphatic carbocycles. The molecule has 0 radical (unpaired) electrons. The minimum Gasteiger partial charge on any atom is -0.492 e. The Morgan fingerprint density at radius 2 is 2.19 bits per heavy atom. The first-order chi connectivity index (χ1) is 7.57. The van der Waals surface area contributed by atoms with Crippen molar-refractivity contribution >= 4 is 23.2 Å². The van der Waals surface area contributed by atoms with Gasteiger partial charge >= 0.3 is 0 Å². The zero-order valence-corrected chi connectivity index (χ0v) is 10.4. The molecule has 16 heavy (non-hydrogen) atoms. The standard InChI is InChI=1S/C12H11Cl2NO/c1-12(7-15)3-2-4-16-11-9(12)5-8(13)6-10(11)14/h5-6H,2-4H2,1H3. The van der Waals surface area contributed by atoms with Gasteiger partial charge in [-0.25, -0.2) is 0 Å². The van der Waals surface area contributed by atoms with Crippen LogP contribution in [0.1, 0.15) is 25.3 Å². The fraction of sp³-hybridized carbons (Fsp3) is 0.417. The number of halogens is 2. The van der Waals surface area contributed by atoms with Gasteiger partial charge < -0.3 is 4.74 Å². The molecule has 84 valence electrons. The molecule has 0 bridgehead atoms. The van der Waals surface area contributed by atoms with Gasteiger partial charge in [-0.1, -0.05) is 23.2 Å². The Morgan fingerprint density at radius 3 is 2.88 bits per heavy atom. The van der Waals surface area contributed by atoms with Crippen molar-refractivity contribution in [2.75, 3.05) is 6.61 Å². The second-order valence-corrected chi connectivity index (χ2v) is 5.00. The van der Waals surface area contributed by atoms with E-state index in [1.54, 1.807) is 12.1 Å². The Bertz CT molecular complexity index is 467. The van der Waals surface area contributed by atoms with Gasteiger partial charge in [-0.2, -0.15) is 5.26 Å². The monoisotopic (exact) mass is 255 g/mol. The van der Waals surface area contributed by atoms with E-state index in [9.17, 15) is 5.26 Å². The summed E-state index contributed by atoms with van der Waals surface area (Å²) < 4.78 is 5.59. The predicted octanol–water partition coefficient (Wildman–Crippen LogP) is 3.95. The molecule has 0 fully saturated rings. The van der Waals surface area contributed by atoms with Crippen molar-refractivity contribution in [1.82, 2.24) is 0 Å². The molecule has 0 spiro atoms.